The smallest absolute Gasteiger partial charge is 0.307 e. The topological polar surface area (TPSA) is 95.5 Å². The molecule has 0 bridgehead atoms. The number of benzene rings is 1. The van der Waals surface area contributed by atoms with E-state index in [1.54, 1.807) is 30.3 Å². The van der Waals surface area contributed by atoms with Crippen molar-refractivity contribution < 1.29 is 19.5 Å². The highest BCUT2D eigenvalue weighted by Gasteiger charge is 2.34. The van der Waals surface area contributed by atoms with Crippen LogP contribution in [0.3, 0.4) is 0 Å². The van der Waals surface area contributed by atoms with Gasteiger partial charge in [0.25, 0.3) is 0 Å². The van der Waals surface area contributed by atoms with Crippen molar-refractivity contribution in [1.29, 1.82) is 0 Å². The van der Waals surface area contributed by atoms with Gasteiger partial charge in [-0.05, 0) is 25.0 Å². The van der Waals surface area contributed by atoms with Gasteiger partial charge in [-0.1, -0.05) is 24.3 Å². The zero-order valence-corrected chi connectivity index (χ0v) is 12.2. The Balaban J connectivity index is 2.16. The van der Waals surface area contributed by atoms with Crippen molar-refractivity contribution in [1.82, 2.24) is 0 Å². The second kappa shape index (κ2) is 6.89. The van der Waals surface area contributed by atoms with Crippen LogP contribution in [0.5, 0.6) is 0 Å². The summed E-state index contributed by atoms with van der Waals surface area (Å²) in [4.78, 5) is 34.8. The Hall–Kier alpha value is -2.63. The second-order valence-electron chi connectivity index (χ2n) is 5.21. The standard InChI is InChI=1S/C16H18N2O4/c1-10(19)17-13-8-4-5-9-14(13)18-15(20)11-6-2-3-7-12(11)16(21)22/h2-5,8-9,11-12H,6-7H2,1H3,(H,17,19)(H,18,20)(H,21,22). The van der Waals surface area contributed by atoms with Crippen molar-refractivity contribution in [2.24, 2.45) is 11.8 Å². The van der Waals surface area contributed by atoms with Crippen LogP contribution in [0, 0.1) is 11.8 Å². The minimum Gasteiger partial charge on any atom is -0.481 e. The Morgan fingerprint density at radius 2 is 1.55 bits per heavy atom. The van der Waals surface area contributed by atoms with E-state index in [2.05, 4.69) is 10.6 Å². The number of nitrogens with one attached hydrogen (secondary N) is 2. The number of rotatable bonds is 4. The largest absolute Gasteiger partial charge is 0.481 e. The molecule has 2 unspecified atom stereocenters. The van der Waals surface area contributed by atoms with Crippen molar-refractivity contribution in [3.8, 4) is 0 Å². The van der Waals surface area contributed by atoms with E-state index in [-0.39, 0.29) is 11.8 Å². The third kappa shape index (κ3) is 3.72. The first-order chi connectivity index (χ1) is 10.5. The molecule has 0 saturated carbocycles. The lowest BCUT2D eigenvalue weighted by atomic mass is 9.82. The van der Waals surface area contributed by atoms with Crippen LogP contribution < -0.4 is 10.6 Å². The number of carbonyl (C=O) groups excluding carboxylic acids is 2. The fourth-order valence-corrected chi connectivity index (χ4v) is 2.49. The highest BCUT2D eigenvalue weighted by Crippen LogP contribution is 2.29. The fourth-order valence-electron chi connectivity index (χ4n) is 2.49. The van der Waals surface area contributed by atoms with E-state index in [0.29, 0.717) is 24.2 Å². The number of carboxylic acid groups (broad SMARTS) is 1. The molecule has 6 heteroatoms. The Bertz CT molecular complexity index is 624. The minimum absolute atomic E-state index is 0.245. The van der Waals surface area contributed by atoms with E-state index in [0.717, 1.165) is 0 Å². The molecule has 2 amide bonds. The highest BCUT2D eigenvalue weighted by molar-refractivity contribution is 6.00. The number of para-hydroxylation sites is 2. The van der Waals surface area contributed by atoms with Crippen LogP contribution in [0.1, 0.15) is 19.8 Å². The summed E-state index contributed by atoms with van der Waals surface area (Å²) in [6, 6.07) is 6.81. The number of aliphatic carboxylic acids is 1. The number of amides is 2. The molecule has 0 radical (unpaired) electrons. The summed E-state index contributed by atoms with van der Waals surface area (Å²) in [7, 11) is 0. The molecule has 6 nitrogen and oxygen atoms in total. The predicted molar refractivity (Wildman–Crippen MR) is 82.4 cm³/mol. The minimum atomic E-state index is -0.973. The maximum Gasteiger partial charge on any atom is 0.307 e. The molecule has 116 valence electrons. The van der Waals surface area contributed by atoms with E-state index >= 15 is 0 Å². The van der Waals surface area contributed by atoms with E-state index in [1.165, 1.54) is 6.92 Å². The normalized spacial score (nSPS) is 20.2. The molecule has 1 aliphatic carbocycles. The van der Waals surface area contributed by atoms with Gasteiger partial charge >= 0.3 is 5.97 Å². The molecule has 0 spiro atoms. The first-order valence-corrected chi connectivity index (χ1v) is 7.04. The monoisotopic (exact) mass is 302 g/mol. The Morgan fingerprint density at radius 1 is 1.00 bits per heavy atom. The van der Waals surface area contributed by atoms with Crippen molar-refractivity contribution in [2.75, 3.05) is 10.6 Å². The van der Waals surface area contributed by atoms with Crippen molar-refractivity contribution in [2.45, 2.75) is 19.8 Å². The van der Waals surface area contributed by atoms with Gasteiger partial charge < -0.3 is 15.7 Å². The molecule has 1 aromatic rings. The number of carboxylic acids is 1. The summed E-state index contributed by atoms with van der Waals surface area (Å²) in [6.45, 7) is 1.38. The third-order valence-corrected chi connectivity index (χ3v) is 3.58. The molecule has 1 aromatic carbocycles. The summed E-state index contributed by atoms with van der Waals surface area (Å²) in [5.74, 6) is -2.91. The van der Waals surface area contributed by atoms with Crippen LogP contribution in [-0.4, -0.2) is 22.9 Å². The number of hydrogen-bond donors (Lipinski definition) is 3. The number of hydrogen-bond acceptors (Lipinski definition) is 3. The van der Waals surface area contributed by atoms with E-state index in [1.807, 2.05) is 6.08 Å². The highest BCUT2D eigenvalue weighted by atomic mass is 16.4. The van der Waals surface area contributed by atoms with Crippen LogP contribution in [0.25, 0.3) is 0 Å². The van der Waals surface area contributed by atoms with Gasteiger partial charge in [0.1, 0.15) is 0 Å². The SMILES string of the molecule is CC(=O)Nc1ccccc1NC(=O)C1CC=CCC1C(=O)O. The first-order valence-electron chi connectivity index (χ1n) is 7.04. The van der Waals surface area contributed by atoms with Gasteiger partial charge in [0.2, 0.25) is 11.8 Å². The molecule has 0 aromatic heterocycles. The van der Waals surface area contributed by atoms with Gasteiger partial charge in [-0.2, -0.15) is 0 Å². The molecule has 2 rings (SSSR count). The van der Waals surface area contributed by atoms with Crippen molar-refractivity contribution in [3.05, 3.63) is 36.4 Å². The summed E-state index contributed by atoms with van der Waals surface area (Å²) >= 11 is 0. The molecule has 0 aliphatic heterocycles. The summed E-state index contributed by atoms with van der Waals surface area (Å²) in [5.41, 5.74) is 0.947. The number of carbonyl (C=O) groups is 3. The van der Waals surface area contributed by atoms with Gasteiger partial charge in [-0.15, -0.1) is 0 Å². The average molecular weight is 302 g/mol. The van der Waals surface area contributed by atoms with Crippen LogP contribution in [0.15, 0.2) is 36.4 Å². The van der Waals surface area contributed by atoms with Crippen molar-refractivity contribution >= 4 is 29.2 Å². The summed E-state index contributed by atoms with van der Waals surface area (Å²) in [6.07, 6.45) is 4.35. The molecule has 0 saturated heterocycles. The molecule has 1 aliphatic rings. The zero-order chi connectivity index (χ0) is 16.1. The molecule has 2 atom stereocenters. The lowest BCUT2D eigenvalue weighted by molar-refractivity contribution is -0.146. The van der Waals surface area contributed by atoms with Crippen molar-refractivity contribution in [3.63, 3.8) is 0 Å². The molecular formula is C16H18N2O4. The van der Waals surface area contributed by atoms with E-state index in [9.17, 15) is 19.5 Å². The van der Waals surface area contributed by atoms with Crippen LogP contribution in [-0.2, 0) is 14.4 Å². The zero-order valence-electron chi connectivity index (χ0n) is 12.2. The quantitative estimate of drug-likeness (QED) is 0.743. The lowest BCUT2D eigenvalue weighted by Crippen LogP contribution is -2.34. The van der Waals surface area contributed by atoms with Gasteiger partial charge in [-0.25, -0.2) is 0 Å². The van der Waals surface area contributed by atoms with Gasteiger partial charge in [0.05, 0.1) is 23.2 Å². The third-order valence-electron chi connectivity index (χ3n) is 3.58. The second-order valence-corrected chi connectivity index (χ2v) is 5.21. The number of anilines is 2. The summed E-state index contributed by atoms with van der Waals surface area (Å²) in [5, 5.41) is 14.6. The fraction of sp³-hybridized carbons (Fsp3) is 0.312. The van der Waals surface area contributed by atoms with E-state index in [4.69, 9.17) is 0 Å². The maximum atomic E-state index is 12.4. The lowest BCUT2D eigenvalue weighted by Gasteiger charge is -2.24. The Morgan fingerprint density at radius 3 is 2.09 bits per heavy atom. The number of allylic oxidation sites excluding steroid dienone is 2. The predicted octanol–water partition coefficient (Wildman–Crippen LogP) is 2.25. The molecule has 0 heterocycles. The average Bonchev–Trinajstić information content (AvgIpc) is 2.48. The van der Waals surface area contributed by atoms with Crippen LogP contribution in [0.4, 0.5) is 11.4 Å². The van der Waals surface area contributed by atoms with Gasteiger partial charge in [0.15, 0.2) is 0 Å². The maximum absolute atomic E-state index is 12.4. The van der Waals surface area contributed by atoms with E-state index < -0.39 is 17.8 Å². The molecule has 22 heavy (non-hydrogen) atoms. The molecule has 3 N–H and O–H groups in total. The van der Waals surface area contributed by atoms with Crippen LogP contribution >= 0.6 is 0 Å². The van der Waals surface area contributed by atoms with Gasteiger partial charge in [-0.3, -0.25) is 14.4 Å². The summed E-state index contributed by atoms with van der Waals surface area (Å²) < 4.78 is 0. The van der Waals surface area contributed by atoms with Gasteiger partial charge in [0, 0.05) is 6.92 Å². The molecule has 0 fully saturated rings. The van der Waals surface area contributed by atoms with Crippen LogP contribution in [0.2, 0.25) is 0 Å². The Kier molecular flexibility index (Phi) is 4.93. The first kappa shape index (κ1) is 15.8. The molecular weight excluding hydrogens is 284 g/mol. The Labute approximate surface area is 128 Å².